The van der Waals surface area contributed by atoms with Crippen molar-refractivity contribution >= 4 is 16.1 Å². The molecule has 0 aliphatic carbocycles. The summed E-state index contributed by atoms with van der Waals surface area (Å²) in [4.78, 5) is 13.8. The molecule has 8 heteroatoms. The molecule has 1 saturated heterocycles. The van der Waals surface area contributed by atoms with Gasteiger partial charge in [-0.15, -0.1) is 0 Å². The molecule has 1 aromatic carbocycles. The van der Waals surface area contributed by atoms with Crippen LogP contribution in [0.5, 0.6) is 5.75 Å². The summed E-state index contributed by atoms with van der Waals surface area (Å²) >= 11 is 0. The molecule has 0 atom stereocenters. The zero-order valence-corrected chi connectivity index (χ0v) is 18.7. The number of carbonyl (C=O) groups is 1. The fraction of sp³-hybridized carbons (Fsp3) is 0.591. The topological polar surface area (TPSA) is 76.2 Å². The molecule has 0 N–H and O–H groups in total. The molecule has 0 spiro atoms. The van der Waals surface area contributed by atoms with Crippen molar-refractivity contribution in [2.24, 2.45) is 5.92 Å². The van der Waals surface area contributed by atoms with Crippen LogP contribution in [0.2, 0.25) is 0 Å². The lowest BCUT2D eigenvalue weighted by Gasteiger charge is -2.31. The summed E-state index contributed by atoms with van der Waals surface area (Å²) in [6.45, 7) is 10.1. The molecule has 0 bridgehead atoms. The number of carbonyl (C=O) groups excluding carboxylic acids is 1. The molecule has 0 radical (unpaired) electrons. The van der Waals surface area contributed by atoms with Crippen LogP contribution >= 0.6 is 0 Å². The largest absolute Gasteiger partial charge is 0.494 e. The first-order valence-corrected chi connectivity index (χ1v) is 12.1. The quantitative estimate of drug-likeness (QED) is 0.653. The Morgan fingerprint density at radius 1 is 1.23 bits per heavy atom. The van der Waals surface area contributed by atoms with Gasteiger partial charge in [-0.25, -0.2) is 13.2 Å². The van der Waals surface area contributed by atoms with E-state index in [1.165, 1.54) is 4.31 Å². The normalized spacial score (nSPS) is 18.2. The molecule has 1 amide bonds. The number of hydrogen-bond donors (Lipinski definition) is 0. The summed E-state index contributed by atoms with van der Waals surface area (Å²) < 4.78 is 36.6. The van der Waals surface area contributed by atoms with Crippen molar-refractivity contribution < 1.29 is 22.7 Å². The second-order valence-electron chi connectivity index (χ2n) is 8.23. The molecular weight excluding hydrogens is 404 g/mol. The van der Waals surface area contributed by atoms with Gasteiger partial charge >= 0.3 is 6.09 Å². The van der Waals surface area contributed by atoms with Gasteiger partial charge in [-0.05, 0) is 68.7 Å². The lowest BCUT2D eigenvalue weighted by atomic mass is 9.94. The Hall–Kier alpha value is -2.06. The number of amides is 1. The van der Waals surface area contributed by atoms with Crippen molar-refractivity contribution in [3.05, 3.63) is 41.3 Å². The first-order chi connectivity index (χ1) is 14.3. The second-order valence-corrected chi connectivity index (χ2v) is 10.1. The predicted octanol–water partition coefficient (Wildman–Crippen LogP) is 3.54. The Morgan fingerprint density at radius 2 is 1.97 bits per heavy atom. The van der Waals surface area contributed by atoms with Crippen LogP contribution in [0.15, 0.2) is 30.2 Å². The molecule has 7 nitrogen and oxygen atoms in total. The summed E-state index contributed by atoms with van der Waals surface area (Å²) in [5, 5.41) is 1.01. The average molecular weight is 437 g/mol. The molecule has 30 heavy (non-hydrogen) atoms. The van der Waals surface area contributed by atoms with Gasteiger partial charge in [0.1, 0.15) is 5.75 Å². The Labute approximate surface area is 179 Å². The lowest BCUT2D eigenvalue weighted by molar-refractivity contribution is 0.0637. The fourth-order valence-electron chi connectivity index (χ4n) is 3.94. The van der Waals surface area contributed by atoms with Gasteiger partial charge in [-0.1, -0.05) is 12.6 Å². The van der Waals surface area contributed by atoms with Gasteiger partial charge in [0.25, 0.3) is 0 Å². The molecule has 0 saturated carbocycles. The number of nitrogens with zero attached hydrogens (tertiary/aromatic N) is 2. The number of likely N-dealkylation sites (tertiary alicyclic amines) is 1. The fourth-order valence-corrected chi connectivity index (χ4v) is 4.82. The SMILES string of the molecule is C=CS(=O)(=O)N1CCc2cc(OCCC3CCN(C(=O)OC(C)C)CC3)ccc2C1. The van der Waals surface area contributed by atoms with Crippen LogP contribution < -0.4 is 4.74 Å². The Kier molecular flexibility index (Phi) is 7.41. The standard InChI is InChI=1S/C22H32N2O5S/c1-4-30(26,27)24-13-9-19-15-21(6-5-20(19)16-24)28-14-10-18-7-11-23(12-8-18)22(25)29-17(2)3/h4-6,15,17-18H,1,7-14,16H2,2-3H3. The first kappa shape index (κ1) is 22.6. The van der Waals surface area contributed by atoms with E-state index in [0.29, 0.717) is 32.0 Å². The second kappa shape index (κ2) is 9.83. The smallest absolute Gasteiger partial charge is 0.410 e. The van der Waals surface area contributed by atoms with E-state index in [-0.39, 0.29) is 12.2 Å². The van der Waals surface area contributed by atoms with E-state index in [1.807, 2.05) is 32.0 Å². The van der Waals surface area contributed by atoms with Crippen LogP contribution in [-0.4, -0.2) is 56.1 Å². The lowest BCUT2D eigenvalue weighted by Crippen LogP contribution is -2.39. The molecular formula is C22H32N2O5S. The van der Waals surface area contributed by atoms with E-state index in [4.69, 9.17) is 9.47 Å². The number of ether oxygens (including phenoxy) is 2. The monoisotopic (exact) mass is 436 g/mol. The van der Waals surface area contributed by atoms with Crippen LogP contribution in [0.3, 0.4) is 0 Å². The molecule has 0 unspecified atom stereocenters. The number of benzene rings is 1. The van der Waals surface area contributed by atoms with E-state index in [0.717, 1.165) is 54.6 Å². The average Bonchev–Trinajstić information content (AvgIpc) is 2.73. The summed E-state index contributed by atoms with van der Waals surface area (Å²) in [6, 6.07) is 5.89. The number of rotatable bonds is 7. The number of hydrogen-bond acceptors (Lipinski definition) is 5. The summed E-state index contributed by atoms with van der Waals surface area (Å²) in [5.41, 5.74) is 2.15. The molecule has 1 fully saturated rings. The maximum atomic E-state index is 12.0. The molecule has 1 aromatic rings. The van der Waals surface area contributed by atoms with Gasteiger partial charge in [0.15, 0.2) is 0 Å². The van der Waals surface area contributed by atoms with Crippen molar-refractivity contribution in [2.45, 2.75) is 52.2 Å². The van der Waals surface area contributed by atoms with Gasteiger partial charge in [-0.2, -0.15) is 4.31 Å². The van der Waals surface area contributed by atoms with Crippen LogP contribution in [0, 0.1) is 5.92 Å². The van der Waals surface area contributed by atoms with Gasteiger partial charge in [0.05, 0.1) is 12.7 Å². The number of fused-ring (bicyclic) bond motifs is 1. The van der Waals surface area contributed by atoms with Crippen LogP contribution in [0.25, 0.3) is 0 Å². The minimum Gasteiger partial charge on any atom is -0.494 e. The Bertz CT molecular complexity index is 860. The van der Waals surface area contributed by atoms with Crippen molar-refractivity contribution in [3.8, 4) is 5.75 Å². The van der Waals surface area contributed by atoms with Crippen molar-refractivity contribution in [1.82, 2.24) is 9.21 Å². The Morgan fingerprint density at radius 3 is 2.63 bits per heavy atom. The highest BCUT2D eigenvalue weighted by atomic mass is 32.2. The molecule has 2 aliphatic rings. The molecule has 2 heterocycles. The maximum Gasteiger partial charge on any atom is 0.410 e. The van der Waals surface area contributed by atoms with E-state index >= 15 is 0 Å². The molecule has 3 rings (SSSR count). The summed E-state index contributed by atoms with van der Waals surface area (Å²) in [5.74, 6) is 1.37. The highest BCUT2D eigenvalue weighted by Crippen LogP contribution is 2.27. The highest BCUT2D eigenvalue weighted by Gasteiger charge is 2.25. The van der Waals surface area contributed by atoms with Crippen LogP contribution in [0.1, 0.15) is 44.2 Å². The van der Waals surface area contributed by atoms with Gasteiger partial charge in [-0.3, -0.25) is 0 Å². The van der Waals surface area contributed by atoms with E-state index < -0.39 is 10.0 Å². The van der Waals surface area contributed by atoms with Crippen molar-refractivity contribution in [3.63, 3.8) is 0 Å². The minimum atomic E-state index is -3.38. The number of piperidine rings is 1. The third-order valence-electron chi connectivity index (χ3n) is 5.73. The third-order valence-corrected chi connectivity index (χ3v) is 7.18. The zero-order chi connectivity index (χ0) is 21.7. The molecule has 166 valence electrons. The van der Waals surface area contributed by atoms with Crippen molar-refractivity contribution in [1.29, 1.82) is 0 Å². The number of sulfonamides is 1. The minimum absolute atomic E-state index is 0.0882. The van der Waals surface area contributed by atoms with Gasteiger partial charge in [0, 0.05) is 31.6 Å². The maximum absolute atomic E-state index is 12.0. The predicted molar refractivity (Wildman–Crippen MR) is 116 cm³/mol. The highest BCUT2D eigenvalue weighted by molar-refractivity contribution is 7.91. The third kappa shape index (κ3) is 5.76. The first-order valence-electron chi connectivity index (χ1n) is 10.6. The van der Waals surface area contributed by atoms with E-state index in [9.17, 15) is 13.2 Å². The van der Waals surface area contributed by atoms with Crippen LogP contribution in [-0.2, 0) is 27.7 Å². The van der Waals surface area contributed by atoms with Crippen molar-refractivity contribution in [2.75, 3.05) is 26.2 Å². The summed E-state index contributed by atoms with van der Waals surface area (Å²) in [7, 11) is -3.38. The molecule has 2 aliphatic heterocycles. The summed E-state index contributed by atoms with van der Waals surface area (Å²) in [6.07, 6.45) is 3.26. The van der Waals surface area contributed by atoms with Crippen LogP contribution in [0.4, 0.5) is 4.79 Å². The zero-order valence-electron chi connectivity index (χ0n) is 17.9. The molecule has 0 aromatic heterocycles. The van der Waals surface area contributed by atoms with E-state index in [2.05, 4.69) is 6.58 Å². The van der Waals surface area contributed by atoms with Gasteiger partial charge < -0.3 is 14.4 Å². The van der Waals surface area contributed by atoms with Gasteiger partial charge in [0.2, 0.25) is 10.0 Å². The Balaban J connectivity index is 1.44. The van der Waals surface area contributed by atoms with E-state index in [1.54, 1.807) is 4.90 Å².